The Morgan fingerprint density at radius 3 is 1.50 bits per heavy atom. The molecular weight excluding hydrogens is 203 g/mol. The molecule has 0 aliphatic rings. The predicted molar refractivity (Wildman–Crippen MR) is 44.1 cm³/mol. The maximum absolute atomic E-state index is 7.33. The second-order valence-corrected chi connectivity index (χ2v) is 3.36. The molecule has 0 radical (unpaired) electrons. The van der Waals surface area contributed by atoms with Gasteiger partial charge in [0.2, 0.25) is 0 Å². The Labute approximate surface area is 118 Å². The minimum atomic E-state index is -4.61. The fourth-order valence-electron chi connectivity index (χ4n) is 0.427. The van der Waals surface area contributed by atoms with E-state index in [1.807, 2.05) is 0 Å². The first-order valence-electron chi connectivity index (χ1n) is 3.60. The SMILES string of the molecule is O[Si](O)(O)O.[CH2-]CCCCC.[K+]. The van der Waals surface area contributed by atoms with Gasteiger partial charge in [-0.05, 0) is 0 Å². The van der Waals surface area contributed by atoms with Crippen LogP contribution in [0.15, 0.2) is 0 Å². The molecule has 0 bridgehead atoms. The van der Waals surface area contributed by atoms with Crippen LogP contribution < -0.4 is 51.4 Å². The van der Waals surface area contributed by atoms with Crippen molar-refractivity contribution in [3.8, 4) is 0 Å². The summed E-state index contributed by atoms with van der Waals surface area (Å²) in [7, 11) is -4.61. The van der Waals surface area contributed by atoms with E-state index in [0.29, 0.717) is 0 Å². The number of hydrogen-bond acceptors (Lipinski definition) is 4. The first-order valence-corrected chi connectivity index (χ1v) is 5.39. The molecule has 0 spiro atoms. The molecule has 0 saturated carbocycles. The summed E-state index contributed by atoms with van der Waals surface area (Å²) in [5.41, 5.74) is 0. The van der Waals surface area contributed by atoms with Gasteiger partial charge in [-0.15, -0.1) is 0 Å². The second-order valence-electron chi connectivity index (χ2n) is 2.16. The average Bonchev–Trinajstić information content (AvgIpc) is 1.79. The summed E-state index contributed by atoms with van der Waals surface area (Å²) in [4.78, 5) is 29.3. The molecule has 4 N–H and O–H groups in total. The van der Waals surface area contributed by atoms with Gasteiger partial charge in [0.05, 0.1) is 0 Å². The van der Waals surface area contributed by atoms with Gasteiger partial charge in [0.15, 0.2) is 0 Å². The van der Waals surface area contributed by atoms with Crippen molar-refractivity contribution in [1.29, 1.82) is 0 Å². The van der Waals surface area contributed by atoms with Crippen LogP contribution in [0.25, 0.3) is 0 Å². The Hall–Kier alpha value is 1.69. The van der Waals surface area contributed by atoms with Gasteiger partial charge in [0.1, 0.15) is 0 Å². The fraction of sp³-hybridized carbons (Fsp3) is 0.833. The van der Waals surface area contributed by atoms with Crippen molar-refractivity contribution in [3.63, 3.8) is 0 Å². The minimum absolute atomic E-state index is 0. The Morgan fingerprint density at radius 2 is 1.42 bits per heavy atom. The summed E-state index contributed by atoms with van der Waals surface area (Å²) in [6.45, 7) is 5.93. The Morgan fingerprint density at radius 1 is 1.08 bits per heavy atom. The molecule has 0 aliphatic heterocycles. The molecule has 0 amide bonds. The van der Waals surface area contributed by atoms with E-state index in [1.165, 1.54) is 19.3 Å². The maximum atomic E-state index is 7.33. The van der Waals surface area contributed by atoms with Crippen molar-refractivity contribution in [2.75, 3.05) is 0 Å². The third-order valence-electron chi connectivity index (χ3n) is 0.854. The zero-order valence-electron chi connectivity index (χ0n) is 7.82. The fourth-order valence-corrected chi connectivity index (χ4v) is 0.427. The quantitative estimate of drug-likeness (QED) is 0.229. The average molecular weight is 220 g/mol. The normalized spacial score (nSPS) is 9.50. The van der Waals surface area contributed by atoms with E-state index in [-0.39, 0.29) is 51.4 Å². The molecule has 0 atom stereocenters. The van der Waals surface area contributed by atoms with Crippen molar-refractivity contribution in [2.24, 2.45) is 0 Å². The second kappa shape index (κ2) is 12.7. The number of rotatable bonds is 3. The largest absolute Gasteiger partial charge is 1.00 e. The summed E-state index contributed by atoms with van der Waals surface area (Å²) >= 11 is 0. The van der Waals surface area contributed by atoms with Crippen molar-refractivity contribution in [3.05, 3.63) is 6.92 Å². The molecule has 0 aromatic rings. The van der Waals surface area contributed by atoms with Crippen LogP contribution in [0.4, 0.5) is 0 Å². The molecule has 0 aliphatic carbocycles. The summed E-state index contributed by atoms with van der Waals surface area (Å²) in [5.74, 6) is 0. The molecule has 0 aromatic heterocycles. The van der Waals surface area contributed by atoms with Gasteiger partial charge in [-0.3, -0.25) is 0 Å². The van der Waals surface area contributed by atoms with Crippen molar-refractivity contribution in [1.82, 2.24) is 0 Å². The standard InChI is InChI=1S/C6H13.K.H4O4Si/c1-3-5-6-4-2;;1-5(2,3)4/h1,3-6H2,2H3;;1-4H/q-1;+1;. The Bertz CT molecular complexity index is 66.4. The Balaban J connectivity index is -0.000000126. The van der Waals surface area contributed by atoms with Crippen molar-refractivity contribution < 1.29 is 70.6 Å². The molecule has 4 nitrogen and oxygen atoms in total. The predicted octanol–water partition coefficient (Wildman–Crippen LogP) is -3.20. The molecule has 0 fully saturated rings. The van der Waals surface area contributed by atoms with Crippen LogP contribution in [0.2, 0.25) is 0 Å². The van der Waals surface area contributed by atoms with Crippen molar-refractivity contribution >= 4 is 9.05 Å². The maximum Gasteiger partial charge on any atom is 1.00 e. The summed E-state index contributed by atoms with van der Waals surface area (Å²) in [6.07, 6.45) is 5.07. The topological polar surface area (TPSA) is 80.9 Å². The molecule has 70 valence electrons. The van der Waals surface area contributed by atoms with E-state index < -0.39 is 9.05 Å². The van der Waals surface area contributed by atoms with E-state index in [2.05, 4.69) is 13.8 Å². The molecule has 0 rings (SSSR count). The zero-order valence-corrected chi connectivity index (χ0v) is 11.9. The minimum Gasteiger partial charge on any atom is -0.368 e. The molecule has 0 heterocycles. The third-order valence-corrected chi connectivity index (χ3v) is 0.854. The van der Waals surface area contributed by atoms with Gasteiger partial charge in [0, 0.05) is 0 Å². The van der Waals surface area contributed by atoms with Gasteiger partial charge in [0.25, 0.3) is 0 Å². The molecule has 0 saturated heterocycles. The van der Waals surface area contributed by atoms with Crippen LogP contribution >= 0.6 is 0 Å². The number of hydrogen-bond donors (Lipinski definition) is 4. The van der Waals surface area contributed by atoms with Gasteiger partial charge in [-0.25, -0.2) is 0 Å². The molecule has 12 heavy (non-hydrogen) atoms. The number of unbranched alkanes of at least 4 members (excludes halogenated alkanes) is 3. The van der Waals surface area contributed by atoms with Crippen LogP contribution in [0, 0.1) is 6.92 Å². The van der Waals surface area contributed by atoms with Gasteiger partial charge < -0.3 is 26.1 Å². The Kier molecular flexibility index (Phi) is 20.4. The third kappa shape index (κ3) is 60.7. The van der Waals surface area contributed by atoms with Crippen LogP contribution in [0.1, 0.15) is 32.6 Å². The van der Waals surface area contributed by atoms with Gasteiger partial charge >= 0.3 is 60.4 Å². The van der Waals surface area contributed by atoms with Gasteiger partial charge in [-0.1, -0.05) is 26.2 Å². The first-order chi connectivity index (χ1) is 4.91. The van der Waals surface area contributed by atoms with E-state index in [4.69, 9.17) is 19.2 Å². The smallest absolute Gasteiger partial charge is 0.368 e. The van der Waals surface area contributed by atoms with Crippen LogP contribution in [0.3, 0.4) is 0 Å². The van der Waals surface area contributed by atoms with E-state index in [0.717, 1.165) is 6.42 Å². The molecule has 0 unspecified atom stereocenters. The monoisotopic (exact) mass is 220 g/mol. The van der Waals surface area contributed by atoms with Gasteiger partial charge in [-0.2, -0.15) is 6.42 Å². The summed E-state index contributed by atoms with van der Waals surface area (Å²) in [6, 6.07) is 0. The van der Waals surface area contributed by atoms with E-state index >= 15 is 0 Å². The molecule has 0 aromatic carbocycles. The van der Waals surface area contributed by atoms with Crippen LogP contribution in [-0.4, -0.2) is 28.2 Å². The van der Waals surface area contributed by atoms with E-state index in [1.54, 1.807) is 0 Å². The molecular formula is C6H17KO4Si. The molecule has 6 heteroatoms. The zero-order chi connectivity index (χ0) is 9.33. The van der Waals surface area contributed by atoms with Crippen molar-refractivity contribution in [2.45, 2.75) is 32.6 Å². The summed E-state index contributed by atoms with van der Waals surface area (Å²) in [5, 5.41) is 0. The first kappa shape index (κ1) is 19.3. The van der Waals surface area contributed by atoms with Crippen LogP contribution in [0.5, 0.6) is 0 Å². The van der Waals surface area contributed by atoms with E-state index in [9.17, 15) is 0 Å². The van der Waals surface area contributed by atoms with Crippen LogP contribution in [-0.2, 0) is 0 Å². The summed E-state index contributed by atoms with van der Waals surface area (Å²) < 4.78 is 0.